The van der Waals surface area contributed by atoms with Crippen LogP contribution in [0.1, 0.15) is 26.3 Å². The van der Waals surface area contributed by atoms with E-state index in [-0.39, 0.29) is 0 Å². The molecule has 1 fully saturated rings. The van der Waals surface area contributed by atoms with E-state index < -0.39 is 0 Å². The van der Waals surface area contributed by atoms with Crippen molar-refractivity contribution in [1.29, 1.82) is 0 Å². The number of imidazole rings is 1. The van der Waals surface area contributed by atoms with Crippen LogP contribution in [0.3, 0.4) is 0 Å². The summed E-state index contributed by atoms with van der Waals surface area (Å²) in [5.74, 6) is 1.11. The van der Waals surface area contributed by atoms with Gasteiger partial charge in [0.15, 0.2) is 11.5 Å². The number of hydrogen-bond donors (Lipinski definition) is 1. The number of rotatable bonds is 3. The van der Waals surface area contributed by atoms with Gasteiger partial charge in [0.25, 0.3) is 0 Å². The summed E-state index contributed by atoms with van der Waals surface area (Å²) < 4.78 is 7.42. The lowest BCUT2D eigenvalue weighted by atomic mass is 10.2. The van der Waals surface area contributed by atoms with Crippen molar-refractivity contribution in [3.05, 3.63) is 6.33 Å². The molecule has 2 aromatic rings. The van der Waals surface area contributed by atoms with Gasteiger partial charge in [-0.3, -0.25) is 0 Å². The van der Waals surface area contributed by atoms with Crippen molar-refractivity contribution in [3.63, 3.8) is 0 Å². The van der Waals surface area contributed by atoms with Crippen molar-refractivity contribution in [2.75, 3.05) is 36.9 Å². The van der Waals surface area contributed by atoms with E-state index in [1.807, 2.05) is 0 Å². The number of aromatic nitrogens is 4. The van der Waals surface area contributed by atoms with Gasteiger partial charge in [-0.05, 0) is 13.3 Å². The van der Waals surface area contributed by atoms with Gasteiger partial charge in [-0.2, -0.15) is 9.97 Å². The third-order valence-corrected chi connectivity index (χ3v) is 3.80. The predicted molar refractivity (Wildman–Crippen MR) is 77.8 cm³/mol. The second-order valence-corrected chi connectivity index (χ2v) is 5.09. The number of nitrogen functional groups attached to an aromatic ring is 1. The third kappa shape index (κ3) is 2.18. The molecular weight excluding hydrogens is 256 g/mol. The fourth-order valence-corrected chi connectivity index (χ4v) is 2.35. The van der Waals surface area contributed by atoms with Crippen LogP contribution in [0.25, 0.3) is 11.2 Å². The summed E-state index contributed by atoms with van der Waals surface area (Å²) in [5, 5.41) is 0. The Morgan fingerprint density at radius 1 is 1.35 bits per heavy atom. The molecule has 0 aliphatic carbocycles. The highest BCUT2D eigenvalue weighted by atomic mass is 16.5. The van der Waals surface area contributed by atoms with Gasteiger partial charge >= 0.3 is 0 Å². The lowest BCUT2D eigenvalue weighted by molar-refractivity contribution is 0.122. The minimum absolute atomic E-state index is 0.340. The van der Waals surface area contributed by atoms with Crippen molar-refractivity contribution < 1.29 is 4.74 Å². The fourth-order valence-electron chi connectivity index (χ4n) is 2.35. The van der Waals surface area contributed by atoms with Crippen LogP contribution in [-0.4, -0.2) is 45.8 Å². The Labute approximate surface area is 117 Å². The normalized spacial score (nSPS) is 17.6. The summed E-state index contributed by atoms with van der Waals surface area (Å²) in [6.07, 6.45) is 2.81. The molecule has 0 radical (unpaired) electrons. The van der Waals surface area contributed by atoms with Crippen LogP contribution in [0.15, 0.2) is 6.33 Å². The van der Waals surface area contributed by atoms with Gasteiger partial charge in [-0.15, -0.1) is 0 Å². The molecule has 1 saturated heterocycles. The number of morpholine rings is 1. The minimum atomic E-state index is 0.340. The molecule has 0 spiro atoms. The zero-order valence-electron chi connectivity index (χ0n) is 11.9. The molecule has 1 atom stereocenters. The van der Waals surface area contributed by atoms with Crippen molar-refractivity contribution in [1.82, 2.24) is 19.5 Å². The number of hydrogen-bond acceptors (Lipinski definition) is 6. The summed E-state index contributed by atoms with van der Waals surface area (Å²) in [4.78, 5) is 15.5. The van der Waals surface area contributed by atoms with E-state index in [2.05, 4.69) is 38.3 Å². The van der Waals surface area contributed by atoms with Crippen LogP contribution in [0.2, 0.25) is 0 Å². The lowest BCUT2D eigenvalue weighted by Gasteiger charge is -2.27. The first kappa shape index (κ1) is 13.1. The molecule has 108 valence electrons. The quantitative estimate of drug-likeness (QED) is 0.907. The monoisotopic (exact) mass is 276 g/mol. The zero-order valence-corrected chi connectivity index (χ0v) is 11.9. The summed E-state index contributed by atoms with van der Waals surface area (Å²) in [6, 6.07) is 0.340. The van der Waals surface area contributed by atoms with E-state index in [9.17, 15) is 0 Å². The Kier molecular flexibility index (Phi) is 3.43. The summed E-state index contributed by atoms with van der Waals surface area (Å²) in [6.45, 7) is 7.28. The molecule has 0 bridgehead atoms. The molecule has 3 heterocycles. The van der Waals surface area contributed by atoms with Gasteiger partial charge in [0.05, 0.1) is 19.5 Å². The molecule has 1 unspecified atom stereocenters. The number of anilines is 2. The summed E-state index contributed by atoms with van der Waals surface area (Å²) in [5.41, 5.74) is 7.53. The Bertz CT molecular complexity index is 604. The van der Waals surface area contributed by atoms with Crippen LogP contribution in [0, 0.1) is 0 Å². The molecule has 7 nitrogen and oxygen atoms in total. The van der Waals surface area contributed by atoms with Gasteiger partial charge in [-0.1, -0.05) is 6.92 Å². The largest absolute Gasteiger partial charge is 0.382 e. The number of nitrogens with two attached hydrogens (primary N) is 1. The molecule has 1 aliphatic rings. The maximum absolute atomic E-state index is 6.03. The van der Waals surface area contributed by atoms with E-state index in [4.69, 9.17) is 10.5 Å². The Hall–Kier alpha value is -1.89. The van der Waals surface area contributed by atoms with Crippen LogP contribution >= 0.6 is 0 Å². The van der Waals surface area contributed by atoms with Gasteiger partial charge < -0.3 is 19.9 Å². The molecule has 0 aromatic carbocycles. The summed E-state index contributed by atoms with van der Waals surface area (Å²) in [7, 11) is 0. The number of fused-ring (bicyclic) bond motifs is 1. The zero-order chi connectivity index (χ0) is 14.1. The SMILES string of the molecule is CCC(C)n1cnc2c(N)nc(N3CCOCC3)nc21. The minimum Gasteiger partial charge on any atom is -0.382 e. The van der Waals surface area contributed by atoms with Crippen LogP contribution in [0.4, 0.5) is 11.8 Å². The topological polar surface area (TPSA) is 82.1 Å². The van der Waals surface area contributed by atoms with Crippen LogP contribution in [-0.2, 0) is 4.74 Å². The van der Waals surface area contributed by atoms with E-state index >= 15 is 0 Å². The average molecular weight is 276 g/mol. The van der Waals surface area contributed by atoms with E-state index in [0.29, 0.717) is 36.5 Å². The van der Waals surface area contributed by atoms with Crippen molar-refractivity contribution in [2.45, 2.75) is 26.3 Å². The van der Waals surface area contributed by atoms with Gasteiger partial charge in [-0.25, -0.2) is 4.98 Å². The Balaban J connectivity index is 2.06. The predicted octanol–water partition coefficient (Wildman–Crippen LogP) is 1.22. The second-order valence-electron chi connectivity index (χ2n) is 5.09. The maximum atomic E-state index is 6.03. The molecular formula is C13H20N6O. The lowest BCUT2D eigenvalue weighted by Crippen LogP contribution is -2.37. The van der Waals surface area contributed by atoms with E-state index in [0.717, 1.165) is 25.2 Å². The molecule has 7 heteroatoms. The molecule has 2 aromatic heterocycles. The fraction of sp³-hybridized carbons (Fsp3) is 0.615. The van der Waals surface area contributed by atoms with Crippen LogP contribution < -0.4 is 10.6 Å². The smallest absolute Gasteiger partial charge is 0.229 e. The highest BCUT2D eigenvalue weighted by Gasteiger charge is 2.19. The van der Waals surface area contributed by atoms with Crippen molar-refractivity contribution in [2.24, 2.45) is 0 Å². The first-order valence-electron chi connectivity index (χ1n) is 7.03. The maximum Gasteiger partial charge on any atom is 0.229 e. The highest BCUT2D eigenvalue weighted by Crippen LogP contribution is 2.24. The second kappa shape index (κ2) is 5.24. The van der Waals surface area contributed by atoms with Gasteiger partial charge in [0.1, 0.15) is 5.52 Å². The first-order chi connectivity index (χ1) is 9.70. The molecule has 1 aliphatic heterocycles. The standard InChI is InChI=1S/C13H20N6O/c1-3-9(2)19-8-15-10-11(14)16-13(17-12(10)19)18-4-6-20-7-5-18/h8-9H,3-7H2,1-2H3,(H2,14,16,17). The van der Waals surface area contributed by atoms with Crippen molar-refractivity contribution >= 4 is 22.9 Å². The molecule has 20 heavy (non-hydrogen) atoms. The Morgan fingerprint density at radius 3 is 2.80 bits per heavy atom. The van der Waals surface area contributed by atoms with Gasteiger partial charge in [0.2, 0.25) is 5.95 Å². The Morgan fingerprint density at radius 2 is 2.10 bits per heavy atom. The van der Waals surface area contributed by atoms with Gasteiger partial charge in [0, 0.05) is 19.1 Å². The van der Waals surface area contributed by atoms with E-state index in [1.165, 1.54) is 0 Å². The van der Waals surface area contributed by atoms with Crippen LogP contribution in [0.5, 0.6) is 0 Å². The van der Waals surface area contributed by atoms with Crippen molar-refractivity contribution in [3.8, 4) is 0 Å². The highest BCUT2D eigenvalue weighted by molar-refractivity contribution is 5.83. The molecule has 3 rings (SSSR count). The summed E-state index contributed by atoms with van der Waals surface area (Å²) >= 11 is 0. The first-order valence-corrected chi connectivity index (χ1v) is 7.03. The number of ether oxygens (including phenoxy) is 1. The molecule has 0 amide bonds. The molecule has 0 saturated carbocycles. The molecule has 2 N–H and O–H groups in total. The third-order valence-electron chi connectivity index (χ3n) is 3.80. The van der Waals surface area contributed by atoms with E-state index in [1.54, 1.807) is 6.33 Å². The average Bonchev–Trinajstić information content (AvgIpc) is 2.92. The number of nitrogens with zero attached hydrogens (tertiary/aromatic N) is 5.